The first-order chi connectivity index (χ1) is 9.56. The fraction of sp³-hybridized carbons (Fsp3) is 0.692. The molecule has 0 aliphatic rings. The van der Waals surface area contributed by atoms with Crippen molar-refractivity contribution in [1.29, 1.82) is 0 Å². The van der Waals surface area contributed by atoms with Crippen molar-refractivity contribution in [2.24, 2.45) is 4.99 Å². The summed E-state index contributed by atoms with van der Waals surface area (Å²) in [4.78, 5) is 8.30. The van der Waals surface area contributed by atoms with Gasteiger partial charge in [0.05, 0.1) is 17.0 Å². The molecule has 0 saturated heterocycles. The number of aryl methyl sites for hydroxylation is 2. The first kappa shape index (κ1) is 17.5. The van der Waals surface area contributed by atoms with Gasteiger partial charge in [0, 0.05) is 19.8 Å². The van der Waals surface area contributed by atoms with Crippen LogP contribution in [0.15, 0.2) is 9.41 Å². The molecule has 8 heteroatoms. The Morgan fingerprint density at radius 1 is 1.33 bits per heavy atom. The van der Waals surface area contributed by atoms with E-state index in [0.717, 1.165) is 11.5 Å². The minimum absolute atomic E-state index is 0.259. The molecule has 2 N–H and O–H groups in total. The van der Waals surface area contributed by atoms with Gasteiger partial charge in [0.15, 0.2) is 15.8 Å². The minimum Gasteiger partial charge on any atom is -0.444 e. The third-order valence-corrected chi connectivity index (χ3v) is 5.54. The Labute approximate surface area is 126 Å². The van der Waals surface area contributed by atoms with Crippen LogP contribution in [0, 0.1) is 13.8 Å². The molecule has 1 aromatic heterocycles. The molecule has 1 rings (SSSR count). The minimum atomic E-state index is -3.15. The van der Waals surface area contributed by atoms with Crippen LogP contribution in [-0.4, -0.2) is 44.0 Å². The highest BCUT2D eigenvalue weighted by atomic mass is 32.2. The maximum atomic E-state index is 11.6. The number of guanidine groups is 1. The fourth-order valence-corrected chi connectivity index (χ4v) is 1.76. The van der Waals surface area contributed by atoms with Crippen molar-refractivity contribution >= 4 is 15.8 Å². The van der Waals surface area contributed by atoms with E-state index < -0.39 is 14.6 Å². The van der Waals surface area contributed by atoms with Crippen molar-refractivity contribution in [3.05, 3.63) is 17.3 Å². The second-order valence-corrected chi connectivity index (χ2v) is 8.21. The van der Waals surface area contributed by atoms with E-state index in [-0.39, 0.29) is 6.54 Å². The van der Waals surface area contributed by atoms with E-state index in [4.69, 9.17) is 4.42 Å². The van der Waals surface area contributed by atoms with Gasteiger partial charge in [-0.05, 0) is 27.7 Å². The summed E-state index contributed by atoms with van der Waals surface area (Å²) in [6, 6.07) is 0. The Balaban J connectivity index is 2.57. The topological polar surface area (TPSA) is 96.6 Å². The number of aromatic nitrogens is 1. The summed E-state index contributed by atoms with van der Waals surface area (Å²) in [5.74, 6) is 1.85. The molecule has 1 aromatic rings. The Morgan fingerprint density at radius 3 is 2.38 bits per heavy atom. The number of nitrogens with zero attached hydrogens (tertiary/aromatic N) is 2. The number of aliphatic imine (C=N–C) groups is 1. The predicted molar refractivity (Wildman–Crippen MR) is 83.1 cm³/mol. The van der Waals surface area contributed by atoms with Crippen molar-refractivity contribution in [3.8, 4) is 0 Å². The lowest BCUT2D eigenvalue weighted by Crippen LogP contribution is -2.47. The van der Waals surface area contributed by atoms with Gasteiger partial charge in [-0.2, -0.15) is 0 Å². The quantitative estimate of drug-likeness (QED) is 0.615. The van der Waals surface area contributed by atoms with Crippen molar-refractivity contribution < 1.29 is 12.8 Å². The monoisotopic (exact) mass is 316 g/mol. The summed E-state index contributed by atoms with van der Waals surface area (Å²) in [7, 11) is -1.53. The normalized spacial score (nSPS) is 13.3. The van der Waals surface area contributed by atoms with E-state index in [2.05, 4.69) is 20.6 Å². The summed E-state index contributed by atoms with van der Waals surface area (Å²) in [5.41, 5.74) is 0.855. The van der Waals surface area contributed by atoms with Crippen LogP contribution >= 0.6 is 0 Å². The Hall–Kier alpha value is -1.57. The Bertz CT molecular complexity index is 598. The number of hydrogen-bond donors (Lipinski definition) is 2. The van der Waals surface area contributed by atoms with Crippen LogP contribution in [0.5, 0.6) is 0 Å². The van der Waals surface area contributed by atoms with E-state index in [1.54, 1.807) is 20.9 Å². The zero-order valence-corrected chi connectivity index (χ0v) is 14.3. The lowest BCUT2D eigenvalue weighted by molar-refractivity contribution is 0.463. The van der Waals surface area contributed by atoms with E-state index in [0.29, 0.717) is 18.4 Å². The van der Waals surface area contributed by atoms with Crippen LogP contribution in [0.4, 0.5) is 0 Å². The zero-order chi connectivity index (χ0) is 16.3. The highest BCUT2D eigenvalue weighted by Gasteiger charge is 2.30. The average Bonchev–Trinajstić information content (AvgIpc) is 2.67. The van der Waals surface area contributed by atoms with Gasteiger partial charge in [-0.3, -0.25) is 4.99 Å². The van der Waals surface area contributed by atoms with Gasteiger partial charge in [0.25, 0.3) is 0 Å². The van der Waals surface area contributed by atoms with Crippen LogP contribution in [-0.2, 0) is 16.4 Å². The lowest BCUT2D eigenvalue weighted by Gasteiger charge is -2.23. The molecule has 0 spiro atoms. The van der Waals surface area contributed by atoms with Gasteiger partial charge in [0.2, 0.25) is 5.89 Å². The largest absolute Gasteiger partial charge is 0.444 e. The van der Waals surface area contributed by atoms with Crippen LogP contribution in [0.3, 0.4) is 0 Å². The second-order valence-electron chi connectivity index (χ2n) is 5.56. The summed E-state index contributed by atoms with van der Waals surface area (Å²) in [5, 5.41) is 6.04. The van der Waals surface area contributed by atoms with Gasteiger partial charge in [0.1, 0.15) is 5.76 Å². The van der Waals surface area contributed by atoms with Gasteiger partial charge < -0.3 is 15.1 Å². The maximum Gasteiger partial charge on any atom is 0.214 e. The molecule has 7 nitrogen and oxygen atoms in total. The van der Waals surface area contributed by atoms with Crippen molar-refractivity contribution in [2.75, 3.05) is 19.8 Å². The molecular weight excluding hydrogens is 292 g/mol. The first-order valence-electron chi connectivity index (χ1n) is 6.64. The van der Waals surface area contributed by atoms with E-state index in [1.807, 2.05) is 13.8 Å². The number of rotatable bonds is 5. The maximum absolute atomic E-state index is 11.6. The van der Waals surface area contributed by atoms with Crippen LogP contribution in [0.25, 0.3) is 0 Å². The lowest BCUT2D eigenvalue weighted by atomic mass is 10.2. The molecule has 0 radical (unpaired) electrons. The van der Waals surface area contributed by atoms with Crippen LogP contribution in [0.2, 0.25) is 0 Å². The smallest absolute Gasteiger partial charge is 0.214 e. The number of hydrogen-bond acceptors (Lipinski definition) is 5. The van der Waals surface area contributed by atoms with Crippen molar-refractivity contribution in [3.63, 3.8) is 0 Å². The molecule has 0 unspecified atom stereocenters. The highest BCUT2D eigenvalue weighted by Crippen LogP contribution is 2.13. The first-order valence-corrected chi connectivity index (χ1v) is 8.53. The zero-order valence-electron chi connectivity index (χ0n) is 13.4. The SMILES string of the molecule is CN=C(NCc1nc(C)c(C)o1)NCC(C)(C)S(C)(=O)=O. The van der Waals surface area contributed by atoms with Gasteiger partial charge >= 0.3 is 0 Å². The summed E-state index contributed by atoms with van der Waals surface area (Å²) < 4.78 is 27.9. The molecule has 0 bridgehead atoms. The second kappa shape index (κ2) is 6.46. The Kier molecular flexibility index (Phi) is 5.38. The van der Waals surface area contributed by atoms with Crippen LogP contribution in [0.1, 0.15) is 31.2 Å². The molecule has 21 heavy (non-hydrogen) atoms. The summed E-state index contributed by atoms with van der Waals surface area (Å²) >= 11 is 0. The van der Waals surface area contributed by atoms with E-state index >= 15 is 0 Å². The molecule has 0 aliphatic carbocycles. The fourth-order valence-electron chi connectivity index (χ4n) is 1.42. The Morgan fingerprint density at radius 2 is 1.95 bits per heavy atom. The summed E-state index contributed by atoms with van der Waals surface area (Å²) in [6.07, 6.45) is 1.23. The molecule has 0 aliphatic heterocycles. The van der Waals surface area contributed by atoms with Gasteiger partial charge in [-0.25, -0.2) is 13.4 Å². The molecule has 0 atom stereocenters. The predicted octanol–water partition coefficient (Wildman–Crippen LogP) is 0.780. The number of nitrogens with one attached hydrogen (secondary N) is 2. The highest BCUT2D eigenvalue weighted by molar-refractivity contribution is 7.92. The number of oxazole rings is 1. The molecule has 0 fully saturated rings. The van der Waals surface area contributed by atoms with Crippen molar-refractivity contribution in [2.45, 2.75) is 39.0 Å². The van der Waals surface area contributed by atoms with Gasteiger partial charge in [-0.15, -0.1) is 0 Å². The molecule has 0 amide bonds. The number of sulfone groups is 1. The molecule has 120 valence electrons. The van der Waals surface area contributed by atoms with E-state index in [9.17, 15) is 8.42 Å². The standard InChI is InChI=1S/C13H24N4O3S/c1-9-10(2)20-11(17-9)7-15-12(14-5)16-8-13(3,4)21(6,18)19/h7-8H2,1-6H3,(H2,14,15,16). The van der Waals surface area contributed by atoms with E-state index in [1.165, 1.54) is 6.26 Å². The molecular formula is C13H24N4O3S. The van der Waals surface area contributed by atoms with Gasteiger partial charge in [-0.1, -0.05) is 0 Å². The van der Waals surface area contributed by atoms with Crippen molar-refractivity contribution in [1.82, 2.24) is 15.6 Å². The summed E-state index contributed by atoms with van der Waals surface area (Å²) in [6.45, 7) is 7.72. The average molecular weight is 316 g/mol. The third kappa shape index (κ3) is 4.73. The molecule has 1 heterocycles. The molecule has 0 saturated carbocycles. The molecule has 0 aromatic carbocycles. The van der Waals surface area contributed by atoms with Crippen LogP contribution < -0.4 is 10.6 Å². The third-order valence-electron chi connectivity index (χ3n) is 3.39.